The molecule has 0 aliphatic heterocycles. The molecule has 1 aromatic heterocycles. The maximum absolute atomic E-state index is 11.4. The molecule has 1 heterocycles. The van der Waals surface area contributed by atoms with Gasteiger partial charge in [-0.2, -0.15) is 0 Å². The van der Waals surface area contributed by atoms with Crippen molar-refractivity contribution in [3.05, 3.63) is 28.7 Å². The third kappa shape index (κ3) is 2.88. The minimum Gasteiger partial charge on any atom is -0.394 e. The second-order valence-corrected chi connectivity index (χ2v) is 3.63. The van der Waals surface area contributed by atoms with Gasteiger partial charge in [-0.1, -0.05) is 13.8 Å². The van der Waals surface area contributed by atoms with Gasteiger partial charge in [-0.25, -0.2) is 0 Å². The van der Waals surface area contributed by atoms with Crippen molar-refractivity contribution in [3.8, 4) is 0 Å². The Morgan fingerprint density at radius 1 is 1.57 bits per heavy atom. The monoisotopic (exact) mass is 196 g/mol. The third-order valence-corrected chi connectivity index (χ3v) is 1.73. The molecule has 1 aromatic rings. The van der Waals surface area contributed by atoms with Crippen molar-refractivity contribution >= 4 is 5.69 Å². The van der Waals surface area contributed by atoms with E-state index in [9.17, 15) is 4.79 Å². The van der Waals surface area contributed by atoms with Crippen molar-refractivity contribution in [1.29, 1.82) is 0 Å². The molecule has 0 unspecified atom stereocenters. The first-order valence-electron chi connectivity index (χ1n) is 4.64. The Kier molecular flexibility index (Phi) is 3.71. The molecule has 2 N–H and O–H groups in total. The van der Waals surface area contributed by atoms with E-state index in [0.29, 0.717) is 12.5 Å². The predicted octanol–water partition coefficient (Wildman–Crippen LogP) is 1.06. The van der Waals surface area contributed by atoms with Crippen LogP contribution in [0.1, 0.15) is 13.8 Å². The molecule has 0 saturated heterocycles. The number of ether oxygens (including phenoxy) is 1. The summed E-state index contributed by atoms with van der Waals surface area (Å²) in [5, 5.41) is 0. The van der Waals surface area contributed by atoms with E-state index in [-0.39, 0.29) is 18.0 Å². The Labute approximate surface area is 83.3 Å². The number of nitrogens with two attached hydrogens (primary N) is 1. The summed E-state index contributed by atoms with van der Waals surface area (Å²) >= 11 is 0. The van der Waals surface area contributed by atoms with E-state index >= 15 is 0 Å². The first-order valence-corrected chi connectivity index (χ1v) is 4.64. The van der Waals surface area contributed by atoms with Crippen molar-refractivity contribution in [3.63, 3.8) is 0 Å². The molecule has 1 rings (SSSR count). The highest BCUT2D eigenvalue weighted by Gasteiger charge is 1.99. The molecule has 14 heavy (non-hydrogen) atoms. The summed E-state index contributed by atoms with van der Waals surface area (Å²) < 4.78 is 6.78. The molecule has 0 aliphatic rings. The van der Waals surface area contributed by atoms with Gasteiger partial charge in [-0.3, -0.25) is 9.36 Å². The number of aromatic nitrogens is 1. The molecule has 0 amide bonds. The smallest absolute Gasteiger partial charge is 0.275 e. The maximum atomic E-state index is 11.4. The van der Waals surface area contributed by atoms with Gasteiger partial charge in [0.1, 0.15) is 6.73 Å². The van der Waals surface area contributed by atoms with Gasteiger partial charge in [0.05, 0.1) is 12.3 Å². The first-order chi connectivity index (χ1) is 6.61. The fourth-order valence-electron chi connectivity index (χ4n) is 1.04. The number of nitrogens with zero attached hydrogens (tertiary/aromatic N) is 1. The highest BCUT2D eigenvalue weighted by Crippen LogP contribution is 1.95. The van der Waals surface area contributed by atoms with Crippen molar-refractivity contribution < 1.29 is 4.74 Å². The largest absolute Gasteiger partial charge is 0.394 e. The summed E-state index contributed by atoms with van der Waals surface area (Å²) in [5.41, 5.74) is 5.52. The van der Waals surface area contributed by atoms with Crippen LogP contribution in [0.3, 0.4) is 0 Å². The van der Waals surface area contributed by atoms with Gasteiger partial charge in [-0.05, 0) is 18.1 Å². The van der Waals surface area contributed by atoms with Crippen LogP contribution in [0, 0.1) is 5.92 Å². The average Bonchev–Trinajstić information content (AvgIpc) is 2.12. The Balaban J connectivity index is 2.59. The van der Waals surface area contributed by atoms with Crippen LogP contribution in [0.25, 0.3) is 0 Å². The molecular formula is C10H16N2O2. The van der Waals surface area contributed by atoms with Gasteiger partial charge >= 0.3 is 0 Å². The summed E-state index contributed by atoms with van der Waals surface area (Å²) in [4.78, 5) is 11.4. The number of nitrogen functional groups attached to an aromatic ring is 1. The summed E-state index contributed by atoms with van der Waals surface area (Å²) in [6.07, 6.45) is 1.67. The summed E-state index contributed by atoms with van der Waals surface area (Å²) in [6, 6.07) is 3.32. The second kappa shape index (κ2) is 4.81. The highest BCUT2D eigenvalue weighted by molar-refractivity contribution is 5.33. The zero-order valence-electron chi connectivity index (χ0n) is 8.56. The molecule has 0 bridgehead atoms. The van der Waals surface area contributed by atoms with Crippen LogP contribution in [0.2, 0.25) is 0 Å². The topological polar surface area (TPSA) is 57.2 Å². The molecule has 78 valence electrons. The second-order valence-electron chi connectivity index (χ2n) is 3.63. The summed E-state index contributed by atoms with van der Waals surface area (Å²) in [7, 11) is 0. The van der Waals surface area contributed by atoms with Crippen molar-refractivity contribution in [1.82, 2.24) is 4.57 Å². The van der Waals surface area contributed by atoms with E-state index in [0.717, 1.165) is 0 Å². The fourth-order valence-corrected chi connectivity index (χ4v) is 1.04. The van der Waals surface area contributed by atoms with E-state index in [4.69, 9.17) is 10.5 Å². The number of hydrogen-bond donors (Lipinski definition) is 1. The van der Waals surface area contributed by atoms with Crippen LogP contribution in [0.4, 0.5) is 5.69 Å². The standard InChI is InChI=1S/C10H16N2O2/c1-8(2)6-14-7-12-5-3-4-9(11)10(12)13/h3-5,8H,6-7,11H2,1-2H3. The molecule has 4 heteroatoms. The van der Waals surface area contributed by atoms with E-state index in [1.807, 2.05) is 0 Å². The molecule has 0 aliphatic carbocycles. The average molecular weight is 196 g/mol. The lowest BCUT2D eigenvalue weighted by atomic mass is 10.2. The Hall–Kier alpha value is -1.29. The lowest BCUT2D eigenvalue weighted by Gasteiger charge is -2.09. The van der Waals surface area contributed by atoms with Crippen LogP contribution in [0.15, 0.2) is 23.1 Å². The van der Waals surface area contributed by atoms with Gasteiger partial charge in [0.25, 0.3) is 5.56 Å². The zero-order chi connectivity index (χ0) is 10.6. The molecule has 0 fully saturated rings. The lowest BCUT2D eigenvalue weighted by Crippen LogP contribution is -2.23. The van der Waals surface area contributed by atoms with Crippen LogP contribution >= 0.6 is 0 Å². The van der Waals surface area contributed by atoms with Crippen LogP contribution < -0.4 is 11.3 Å². The minimum atomic E-state index is -0.198. The molecule has 0 atom stereocenters. The lowest BCUT2D eigenvalue weighted by molar-refractivity contribution is 0.0558. The molecule has 4 nitrogen and oxygen atoms in total. The van der Waals surface area contributed by atoms with Gasteiger partial charge in [0.2, 0.25) is 0 Å². The predicted molar refractivity (Wildman–Crippen MR) is 55.9 cm³/mol. The van der Waals surface area contributed by atoms with Gasteiger partial charge in [0.15, 0.2) is 0 Å². The third-order valence-electron chi connectivity index (χ3n) is 1.73. The Morgan fingerprint density at radius 3 is 2.93 bits per heavy atom. The number of rotatable bonds is 4. The fraction of sp³-hybridized carbons (Fsp3) is 0.500. The van der Waals surface area contributed by atoms with Crippen LogP contribution in [0.5, 0.6) is 0 Å². The minimum absolute atomic E-state index is 0.198. The summed E-state index contributed by atoms with van der Waals surface area (Å²) in [5.74, 6) is 0.465. The molecule has 0 spiro atoms. The summed E-state index contributed by atoms with van der Waals surface area (Å²) in [6.45, 7) is 5.02. The van der Waals surface area contributed by atoms with E-state index < -0.39 is 0 Å². The van der Waals surface area contributed by atoms with Crippen molar-refractivity contribution in [2.45, 2.75) is 20.6 Å². The molecule has 0 radical (unpaired) electrons. The van der Waals surface area contributed by atoms with Gasteiger partial charge < -0.3 is 10.5 Å². The Bertz CT molecular complexity index is 344. The molecule has 0 aromatic carbocycles. The number of anilines is 1. The van der Waals surface area contributed by atoms with Crippen LogP contribution in [-0.4, -0.2) is 11.2 Å². The maximum Gasteiger partial charge on any atom is 0.275 e. The normalized spacial score (nSPS) is 10.8. The molecule has 0 saturated carbocycles. The molecular weight excluding hydrogens is 180 g/mol. The number of pyridine rings is 1. The van der Waals surface area contributed by atoms with Gasteiger partial charge in [0, 0.05) is 6.20 Å². The van der Waals surface area contributed by atoms with Gasteiger partial charge in [-0.15, -0.1) is 0 Å². The van der Waals surface area contributed by atoms with Crippen molar-refractivity contribution in [2.75, 3.05) is 12.3 Å². The quantitative estimate of drug-likeness (QED) is 0.783. The SMILES string of the molecule is CC(C)COCn1cccc(N)c1=O. The number of hydrogen-bond acceptors (Lipinski definition) is 3. The van der Waals surface area contributed by atoms with Crippen LogP contribution in [-0.2, 0) is 11.5 Å². The van der Waals surface area contributed by atoms with E-state index in [1.54, 1.807) is 18.3 Å². The van der Waals surface area contributed by atoms with E-state index in [1.165, 1.54) is 4.57 Å². The van der Waals surface area contributed by atoms with E-state index in [2.05, 4.69) is 13.8 Å². The Morgan fingerprint density at radius 2 is 2.29 bits per heavy atom. The highest BCUT2D eigenvalue weighted by atomic mass is 16.5. The zero-order valence-corrected chi connectivity index (χ0v) is 8.56. The first kappa shape index (κ1) is 10.8. The van der Waals surface area contributed by atoms with Crippen molar-refractivity contribution in [2.24, 2.45) is 5.92 Å².